The van der Waals surface area contributed by atoms with E-state index in [9.17, 15) is 4.79 Å². The zero-order valence-electron chi connectivity index (χ0n) is 16.1. The Morgan fingerprint density at radius 2 is 1.13 bits per heavy atom. The van der Waals surface area contributed by atoms with Crippen molar-refractivity contribution < 1.29 is 9.53 Å². The van der Waals surface area contributed by atoms with Crippen molar-refractivity contribution in [3.8, 4) is 0 Å². The van der Waals surface area contributed by atoms with Crippen LogP contribution in [0.3, 0.4) is 0 Å². The molecule has 0 aromatic rings. The maximum Gasteiger partial charge on any atom is 0.320 e. The molecule has 0 aromatic carbocycles. The van der Waals surface area contributed by atoms with E-state index in [1.165, 1.54) is 77.0 Å². The molecular formula is C20H41NO2. The van der Waals surface area contributed by atoms with Crippen LogP contribution >= 0.6 is 0 Å². The molecule has 0 saturated carbocycles. The molecule has 0 aromatic heterocycles. The zero-order chi connectivity index (χ0) is 17.2. The lowest BCUT2D eigenvalue weighted by Gasteiger charge is -2.21. The third-order valence-corrected chi connectivity index (χ3v) is 4.31. The fourth-order valence-electron chi connectivity index (χ4n) is 2.89. The summed E-state index contributed by atoms with van der Waals surface area (Å²) in [4.78, 5) is 14.0. The van der Waals surface area contributed by atoms with Gasteiger partial charge < -0.3 is 4.74 Å². The first-order valence-electron chi connectivity index (χ1n) is 10.1. The van der Waals surface area contributed by atoms with E-state index in [0.717, 1.165) is 13.1 Å². The number of nitrogens with zero attached hydrogens (tertiary/aromatic N) is 1. The molecule has 0 rings (SSSR count). The number of esters is 1. The Morgan fingerprint density at radius 3 is 1.57 bits per heavy atom. The van der Waals surface area contributed by atoms with Crippen LogP contribution in [0, 0.1) is 0 Å². The number of unbranched alkanes of at least 4 members (excludes halogenated alkanes) is 10. The van der Waals surface area contributed by atoms with E-state index < -0.39 is 0 Å². The molecule has 3 nitrogen and oxygen atoms in total. The molecule has 0 unspecified atom stereocenters. The zero-order valence-corrected chi connectivity index (χ0v) is 16.1. The molecule has 0 saturated heterocycles. The average molecular weight is 328 g/mol. The molecule has 0 N–H and O–H groups in total. The monoisotopic (exact) mass is 327 g/mol. The maximum absolute atomic E-state index is 11.7. The van der Waals surface area contributed by atoms with E-state index in [2.05, 4.69) is 18.7 Å². The van der Waals surface area contributed by atoms with Crippen molar-refractivity contribution in [1.29, 1.82) is 0 Å². The van der Waals surface area contributed by atoms with Crippen molar-refractivity contribution in [2.75, 3.05) is 26.2 Å². The lowest BCUT2D eigenvalue weighted by Crippen LogP contribution is -2.32. The fourth-order valence-corrected chi connectivity index (χ4v) is 2.89. The van der Waals surface area contributed by atoms with Crippen LogP contribution in [0.25, 0.3) is 0 Å². The van der Waals surface area contributed by atoms with Crippen molar-refractivity contribution >= 4 is 5.97 Å². The van der Waals surface area contributed by atoms with Crippen LogP contribution in [-0.4, -0.2) is 37.1 Å². The quantitative estimate of drug-likeness (QED) is 0.258. The van der Waals surface area contributed by atoms with Gasteiger partial charge in [-0.15, -0.1) is 0 Å². The molecule has 0 spiro atoms. The van der Waals surface area contributed by atoms with Gasteiger partial charge in [0.1, 0.15) is 0 Å². The van der Waals surface area contributed by atoms with Gasteiger partial charge in [-0.3, -0.25) is 9.69 Å². The Hall–Kier alpha value is -0.570. The van der Waals surface area contributed by atoms with E-state index in [1.807, 2.05) is 6.92 Å². The lowest BCUT2D eigenvalue weighted by molar-refractivity contribution is -0.144. The summed E-state index contributed by atoms with van der Waals surface area (Å²) in [5.74, 6) is -0.0653. The second kappa shape index (κ2) is 17.8. The standard InChI is InChI=1S/C20H41NO2/c1-4-7-9-11-13-15-17-21(19-20(22)23-6-3)18-16-14-12-10-8-5-2/h4-19H2,1-3H3. The summed E-state index contributed by atoms with van der Waals surface area (Å²) >= 11 is 0. The van der Waals surface area contributed by atoms with Crippen LogP contribution in [0.1, 0.15) is 97.8 Å². The molecule has 0 fully saturated rings. The van der Waals surface area contributed by atoms with E-state index in [-0.39, 0.29) is 5.97 Å². The first-order valence-corrected chi connectivity index (χ1v) is 10.1. The molecule has 0 radical (unpaired) electrons. The summed E-state index contributed by atoms with van der Waals surface area (Å²) < 4.78 is 5.11. The van der Waals surface area contributed by atoms with Crippen LogP contribution in [-0.2, 0) is 9.53 Å². The fraction of sp³-hybridized carbons (Fsp3) is 0.950. The molecule has 0 amide bonds. The Morgan fingerprint density at radius 1 is 0.696 bits per heavy atom. The van der Waals surface area contributed by atoms with E-state index >= 15 is 0 Å². The molecule has 0 bridgehead atoms. The molecule has 138 valence electrons. The van der Waals surface area contributed by atoms with Gasteiger partial charge in [0.05, 0.1) is 13.2 Å². The molecule has 0 atom stereocenters. The van der Waals surface area contributed by atoms with Gasteiger partial charge in [-0.25, -0.2) is 0 Å². The highest BCUT2D eigenvalue weighted by atomic mass is 16.5. The number of carbonyl (C=O) groups excluding carboxylic acids is 1. The van der Waals surface area contributed by atoms with Crippen molar-refractivity contribution in [3.63, 3.8) is 0 Å². The molecule has 0 aliphatic heterocycles. The third kappa shape index (κ3) is 16.1. The van der Waals surface area contributed by atoms with E-state index in [0.29, 0.717) is 13.2 Å². The normalized spacial score (nSPS) is 11.1. The smallest absolute Gasteiger partial charge is 0.320 e. The lowest BCUT2D eigenvalue weighted by atomic mass is 10.1. The number of hydrogen-bond acceptors (Lipinski definition) is 3. The van der Waals surface area contributed by atoms with Gasteiger partial charge >= 0.3 is 5.97 Å². The topological polar surface area (TPSA) is 29.5 Å². The maximum atomic E-state index is 11.7. The van der Waals surface area contributed by atoms with Gasteiger partial charge in [-0.05, 0) is 32.9 Å². The Kier molecular flexibility index (Phi) is 17.3. The van der Waals surface area contributed by atoms with Gasteiger partial charge in [0.2, 0.25) is 0 Å². The summed E-state index contributed by atoms with van der Waals surface area (Å²) in [6.07, 6.45) is 15.7. The number of hydrogen-bond donors (Lipinski definition) is 0. The van der Waals surface area contributed by atoms with Crippen molar-refractivity contribution in [3.05, 3.63) is 0 Å². The number of carbonyl (C=O) groups is 1. The van der Waals surface area contributed by atoms with Crippen LogP contribution in [0.4, 0.5) is 0 Å². The highest BCUT2D eigenvalue weighted by molar-refractivity contribution is 5.71. The van der Waals surface area contributed by atoms with Gasteiger partial charge in [-0.1, -0.05) is 78.1 Å². The minimum atomic E-state index is -0.0653. The predicted octanol–water partition coefficient (Wildman–Crippen LogP) is 5.57. The Balaban J connectivity index is 3.86. The Bertz CT molecular complexity index is 240. The van der Waals surface area contributed by atoms with Crippen LogP contribution in [0.2, 0.25) is 0 Å². The van der Waals surface area contributed by atoms with Gasteiger partial charge in [0.15, 0.2) is 0 Å². The minimum absolute atomic E-state index is 0.0653. The largest absolute Gasteiger partial charge is 0.465 e. The molecule has 0 aliphatic carbocycles. The molecule has 3 heteroatoms. The molecule has 0 heterocycles. The van der Waals surface area contributed by atoms with Crippen molar-refractivity contribution in [2.24, 2.45) is 0 Å². The second-order valence-electron chi connectivity index (χ2n) is 6.62. The molecular weight excluding hydrogens is 286 g/mol. The molecule has 23 heavy (non-hydrogen) atoms. The summed E-state index contributed by atoms with van der Waals surface area (Å²) in [5.41, 5.74) is 0. The Labute approximate surface area is 145 Å². The first kappa shape index (κ1) is 22.4. The molecule has 0 aliphatic rings. The summed E-state index contributed by atoms with van der Waals surface area (Å²) in [7, 11) is 0. The summed E-state index contributed by atoms with van der Waals surface area (Å²) in [5, 5.41) is 0. The van der Waals surface area contributed by atoms with Crippen molar-refractivity contribution in [1.82, 2.24) is 4.90 Å². The van der Waals surface area contributed by atoms with Gasteiger partial charge in [-0.2, -0.15) is 0 Å². The van der Waals surface area contributed by atoms with Gasteiger partial charge in [0, 0.05) is 0 Å². The number of rotatable bonds is 17. The minimum Gasteiger partial charge on any atom is -0.465 e. The highest BCUT2D eigenvalue weighted by Gasteiger charge is 2.11. The average Bonchev–Trinajstić information content (AvgIpc) is 2.53. The third-order valence-electron chi connectivity index (χ3n) is 4.31. The predicted molar refractivity (Wildman–Crippen MR) is 99.8 cm³/mol. The van der Waals surface area contributed by atoms with Crippen LogP contribution in [0.5, 0.6) is 0 Å². The van der Waals surface area contributed by atoms with E-state index in [4.69, 9.17) is 4.74 Å². The van der Waals surface area contributed by atoms with E-state index in [1.54, 1.807) is 0 Å². The van der Waals surface area contributed by atoms with Gasteiger partial charge in [0.25, 0.3) is 0 Å². The van der Waals surface area contributed by atoms with Crippen molar-refractivity contribution in [2.45, 2.75) is 97.8 Å². The van der Waals surface area contributed by atoms with Crippen LogP contribution < -0.4 is 0 Å². The number of ether oxygens (including phenoxy) is 1. The summed E-state index contributed by atoms with van der Waals surface area (Å²) in [6.45, 7) is 9.42. The second-order valence-corrected chi connectivity index (χ2v) is 6.62. The van der Waals surface area contributed by atoms with Crippen LogP contribution in [0.15, 0.2) is 0 Å². The SMILES string of the molecule is CCCCCCCCN(CCCCCCCC)CC(=O)OCC. The first-order chi connectivity index (χ1) is 11.2. The summed E-state index contributed by atoms with van der Waals surface area (Å²) in [6, 6.07) is 0. The highest BCUT2D eigenvalue weighted by Crippen LogP contribution is 2.09.